The van der Waals surface area contributed by atoms with Crippen molar-refractivity contribution in [1.29, 1.82) is 0 Å². The number of aromatic carboxylic acids is 1. The van der Waals surface area contributed by atoms with Crippen molar-refractivity contribution in [3.8, 4) is 0 Å². The maximum Gasteiger partial charge on any atom is 0.335 e. The van der Waals surface area contributed by atoms with E-state index in [1.165, 1.54) is 25.3 Å². The van der Waals surface area contributed by atoms with E-state index in [9.17, 15) is 9.59 Å². The lowest BCUT2D eigenvalue weighted by Crippen LogP contribution is -2.26. The molecule has 0 spiro atoms. The lowest BCUT2D eigenvalue weighted by atomic mass is 10.1. The zero-order valence-corrected chi connectivity index (χ0v) is 9.56. The van der Waals surface area contributed by atoms with Gasteiger partial charge >= 0.3 is 5.97 Å². The zero-order valence-electron chi connectivity index (χ0n) is 9.56. The molecule has 0 aromatic heterocycles. The van der Waals surface area contributed by atoms with Gasteiger partial charge in [0.2, 0.25) is 0 Å². The van der Waals surface area contributed by atoms with Crippen molar-refractivity contribution in [1.82, 2.24) is 0 Å². The molecule has 0 aliphatic carbocycles. The van der Waals surface area contributed by atoms with Gasteiger partial charge < -0.3 is 20.9 Å². The minimum absolute atomic E-state index is 0.0697. The van der Waals surface area contributed by atoms with Crippen LogP contribution in [0, 0.1) is 0 Å². The van der Waals surface area contributed by atoms with E-state index in [4.69, 9.17) is 15.6 Å². The molecule has 0 fully saturated rings. The van der Waals surface area contributed by atoms with Gasteiger partial charge in [-0.25, -0.2) is 4.79 Å². The number of ether oxygens (including phenoxy) is 1. The van der Waals surface area contributed by atoms with Gasteiger partial charge in [-0.05, 0) is 25.1 Å². The van der Waals surface area contributed by atoms with Crippen LogP contribution < -0.4 is 11.1 Å². The van der Waals surface area contributed by atoms with Crippen molar-refractivity contribution < 1.29 is 19.4 Å². The first-order chi connectivity index (χ1) is 7.95. The van der Waals surface area contributed by atoms with Crippen LogP contribution in [0.25, 0.3) is 0 Å². The monoisotopic (exact) mass is 238 g/mol. The fourth-order valence-corrected chi connectivity index (χ4v) is 1.15. The van der Waals surface area contributed by atoms with Gasteiger partial charge in [-0.15, -0.1) is 0 Å². The van der Waals surface area contributed by atoms with E-state index in [-0.39, 0.29) is 17.2 Å². The summed E-state index contributed by atoms with van der Waals surface area (Å²) in [7, 11) is 1.42. The van der Waals surface area contributed by atoms with Crippen LogP contribution in [0.4, 0.5) is 11.4 Å². The Morgan fingerprint density at radius 1 is 1.47 bits per heavy atom. The standard InChI is InChI=1S/C11H14N2O4/c1-6(17-2)10(14)13-9-4-3-7(11(15)16)5-8(9)12/h3-6H,12H2,1-2H3,(H,13,14)(H,15,16). The van der Waals surface area contributed by atoms with Crippen LogP contribution in [0.2, 0.25) is 0 Å². The summed E-state index contributed by atoms with van der Waals surface area (Å²) in [6, 6.07) is 4.10. The van der Waals surface area contributed by atoms with Gasteiger partial charge in [0.1, 0.15) is 6.10 Å². The Morgan fingerprint density at radius 3 is 2.59 bits per heavy atom. The van der Waals surface area contributed by atoms with Crippen molar-refractivity contribution in [2.24, 2.45) is 0 Å². The largest absolute Gasteiger partial charge is 0.478 e. The first-order valence-electron chi connectivity index (χ1n) is 4.92. The summed E-state index contributed by atoms with van der Waals surface area (Å²) in [5.41, 5.74) is 6.26. The molecule has 0 radical (unpaired) electrons. The van der Waals surface area contributed by atoms with E-state index in [1.807, 2.05) is 0 Å². The smallest absolute Gasteiger partial charge is 0.335 e. The molecular weight excluding hydrogens is 224 g/mol. The van der Waals surface area contributed by atoms with Crippen LogP contribution >= 0.6 is 0 Å². The predicted molar refractivity (Wildman–Crippen MR) is 62.9 cm³/mol. The first-order valence-corrected chi connectivity index (χ1v) is 4.92. The van der Waals surface area contributed by atoms with E-state index in [2.05, 4.69) is 5.32 Å². The third kappa shape index (κ3) is 3.18. The second-order valence-corrected chi connectivity index (χ2v) is 3.47. The molecule has 1 amide bonds. The van der Waals surface area contributed by atoms with Crippen molar-refractivity contribution >= 4 is 23.3 Å². The molecule has 1 aromatic carbocycles. The van der Waals surface area contributed by atoms with Gasteiger partial charge in [0.25, 0.3) is 5.91 Å². The van der Waals surface area contributed by atoms with E-state index in [0.717, 1.165) is 0 Å². The molecule has 0 saturated heterocycles. The molecular formula is C11H14N2O4. The Bertz CT molecular complexity index is 445. The quantitative estimate of drug-likeness (QED) is 0.677. The molecule has 6 heteroatoms. The Hall–Kier alpha value is -2.08. The summed E-state index contributed by atoms with van der Waals surface area (Å²) in [4.78, 5) is 22.2. The molecule has 1 unspecified atom stereocenters. The number of carboxylic acids is 1. The van der Waals surface area contributed by atoms with Crippen LogP contribution in [0.5, 0.6) is 0 Å². The van der Waals surface area contributed by atoms with Crippen molar-refractivity contribution in [2.75, 3.05) is 18.2 Å². The molecule has 0 heterocycles. The fourth-order valence-electron chi connectivity index (χ4n) is 1.15. The SMILES string of the molecule is COC(C)C(=O)Nc1ccc(C(=O)O)cc1N. The molecule has 1 atom stereocenters. The molecule has 4 N–H and O–H groups in total. The highest BCUT2D eigenvalue weighted by Gasteiger charge is 2.13. The van der Waals surface area contributed by atoms with Gasteiger partial charge in [-0.2, -0.15) is 0 Å². The van der Waals surface area contributed by atoms with E-state index >= 15 is 0 Å². The van der Waals surface area contributed by atoms with Crippen LogP contribution in [0.15, 0.2) is 18.2 Å². The highest BCUT2D eigenvalue weighted by molar-refractivity contribution is 5.98. The summed E-state index contributed by atoms with van der Waals surface area (Å²) >= 11 is 0. The molecule has 1 aromatic rings. The number of carboxylic acid groups (broad SMARTS) is 1. The molecule has 0 aliphatic heterocycles. The average Bonchev–Trinajstić information content (AvgIpc) is 2.30. The van der Waals surface area contributed by atoms with Crippen LogP contribution in [-0.4, -0.2) is 30.2 Å². The lowest BCUT2D eigenvalue weighted by molar-refractivity contribution is -0.124. The maximum absolute atomic E-state index is 11.5. The highest BCUT2D eigenvalue weighted by Crippen LogP contribution is 2.20. The summed E-state index contributed by atoms with van der Waals surface area (Å²) in [5, 5.41) is 11.3. The number of hydrogen-bond donors (Lipinski definition) is 3. The van der Waals surface area contributed by atoms with Gasteiger partial charge in [-0.1, -0.05) is 0 Å². The fraction of sp³-hybridized carbons (Fsp3) is 0.273. The number of methoxy groups -OCH3 is 1. The minimum atomic E-state index is -1.07. The van der Waals surface area contributed by atoms with Gasteiger partial charge in [0.15, 0.2) is 0 Å². The molecule has 0 saturated carbocycles. The number of rotatable bonds is 4. The average molecular weight is 238 g/mol. The Labute approximate surface area is 98.4 Å². The number of carbonyl (C=O) groups is 2. The number of nitrogens with one attached hydrogen (secondary N) is 1. The predicted octanol–water partition coefficient (Wildman–Crippen LogP) is 0.940. The molecule has 92 valence electrons. The number of anilines is 2. The van der Waals surface area contributed by atoms with Crippen molar-refractivity contribution in [3.63, 3.8) is 0 Å². The summed E-state index contributed by atoms with van der Waals surface area (Å²) in [5.74, 6) is -1.41. The summed E-state index contributed by atoms with van der Waals surface area (Å²) < 4.78 is 4.84. The lowest BCUT2D eigenvalue weighted by Gasteiger charge is -2.12. The number of benzene rings is 1. The van der Waals surface area contributed by atoms with Crippen molar-refractivity contribution in [2.45, 2.75) is 13.0 Å². The first kappa shape index (κ1) is 13.0. The third-order valence-electron chi connectivity index (χ3n) is 2.28. The van der Waals surface area contributed by atoms with E-state index in [1.54, 1.807) is 6.92 Å². The van der Waals surface area contributed by atoms with Crippen molar-refractivity contribution in [3.05, 3.63) is 23.8 Å². The summed E-state index contributed by atoms with van der Waals surface area (Å²) in [6.07, 6.45) is -0.603. The number of nitrogens with two attached hydrogens (primary N) is 1. The Kier molecular flexibility index (Phi) is 4.06. The number of amides is 1. The van der Waals surface area contributed by atoms with E-state index in [0.29, 0.717) is 5.69 Å². The zero-order chi connectivity index (χ0) is 13.0. The maximum atomic E-state index is 11.5. The van der Waals surface area contributed by atoms with Gasteiger partial charge in [0.05, 0.1) is 16.9 Å². The normalized spacial score (nSPS) is 11.9. The number of hydrogen-bond acceptors (Lipinski definition) is 4. The van der Waals surface area contributed by atoms with E-state index < -0.39 is 12.1 Å². The third-order valence-corrected chi connectivity index (χ3v) is 2.28. The molecule has 1 rings (SSSR count). The second kappa shape index (κ2) is 5.31. The molecule has 0 aliphatic rings. The molecule has 0 bridgehead atoms. The number of nitrogen functional groups attached to an aromatic ring is 1. The van der Waals surface area contributed by atoms with Crippen LogP contribution in [0.3, 0.4) is 0 Å². The number of carbonyl (C=O) groups excluding carboxylic acids is 1. The van der Waals surface area contributed by atoms with Gasteiger partial charge in [-0.3, -0.25) is 4.79 Å². The summed E-state index contributed by atoms with van der Waals surface area (Å²) in [6.45, 7) is 1.59. The molecule has 17 heavy (non-hydrogen) atoms. The Morgan fingerprint density at radius 2 is 2.12 bits per heavy atom. The highest BCUT2D eigenvalue weighted by atomic mass is 16.5. The molecule has 6 nitrogen and oxygen atoms in total. The topological polar surface area (TPSA) is 102 Å². The van der Waals surface area contributed by atoms with Crippen LogP contribution in [-0.2, 0) is 9.53 Å². The Balaban J connectivity index is 2.86. The minimum Gasteiger partial charge on any atom is -0.478 e. The second-order valence-electron chi connectivity index (χ2n) is 3.47. The van der Waals surface area contributed by atoms with Gasteiger partial charge in [0, 0.05) is 7.11 Å². The van der Waals surface area contributed by atoms with Crippen LogP contribution in [0.1, 0.15) is 17.3 Å².